The van der Waals surface area contributed by atoms with Crippen molar-refractivity contribution < 1.29 is 24.2 Å². The first kappa shape index (κ1) is 28.2. The van der Waals surface area contributed by atoms with Crippen LogP contribution in [-0.4, -0.2) is 45.6 Å². The summed E-state index contributed by atoms with van der Waals surface area (Å²) < 4.78 is 5.36. The first-order valence-electron chi connectivity index (χ1n) is 11.7. The van der Waals surface area contributed by atoms with Crippen LogP contribution in [0.15, 0.2) is 48.5 Å². The highest BCUT2D eigenvalue weighted by Gasteiger charge is 2.36. The summed E-state index contributed by atoms with van der Waals surface area (Å²) in [5, 5.41) is 15.1. The van der Waals surface area contributed by atoms with Crippen LogP contribution in [0.1, 0.15) is 57.4 Å². The quantitative estimate of drug-likeness (QED) is 0.383. The summed E-state index contributed by atoms with van der Waals surface area (Å²) in [6.45, 7) is 10.6. The number of aryl methyl sites for hydroxylation is 1. The minimum absolute atomic E-state index is 0.0584. The van der Waals surface area contributed by atoms with Gasteiger partial charge in [-0.25, -0.2) is 4.79 Å². The van der Waals surface area contributed by atoms with Gasteiger partial charge in [0.2, 0.25) is 5.91 Å². The lowest BCUT2D eigenvalue weighted by Crippen LogP contribution is -2.52. The molecule has 0 heterocycles. The van der Waals surface area contributed by atoms with Crippen LogP contribution in [0.4, 0.5) is 4.79 Å². The maximum Gasteiger partial charge on any atom is 0.408 e. The zero-order valence-electron chi connectivity index (χ0n) is 21.7. The molecule has 2 rings (SSSR count). The number of hydrogen-bond donors (Lipinski definition) is 3. The Morgan fingerprint density at radius 1 is 1.06 bits per heavy atom. The zero-order chi connectivity index (χ0) is 27.0. The van der Waals surface area contributed by atoms with E-state index in [9.17, 15) is 19.5 Å². The third-order valence-corrected chi connectivity index (χ3v) is 5.16. The number of nitrogens with zero attached hydrogens (tertiary/aromatic N) is 1. The number of phenols is 1. The van der Waals surface area contributed by atoms with Crippen molar-refractivity contribution in [3.8, 4) is 18.2 Å². The summed E-state index contributed by atoms with van der Waals surface area (Å²) in [6.07, 6.45) is 5.07. The SMILES string of the molecule is C#CN(C(=O)C(Cc1ccc(O)cc1)NC(=O)OC(C)(C)C)C(C(=O)NC(C)C)c1ccccc1C. The molecule has 0 aliphatic carbocycles. The number of terminal acetylenes is 1. The summed E-state index contributed by atoms with van der Waals surface area (Å²) in [5.41, 5.74) is 1.23. The molecule has 0 radical (unpaired) electrons. The third kappa shape index (κ3) is 8.05. The van der Waals surface area contributed by atoms with Gasteiger partial charge >= 0.3 is 6.09 Å². The fourth-order valence-corrected chi connectivity index (χ4v) is 3.61. The molecule has 0 bridgehead atoms. The third-order valence-electron chi connectivity index (χ3n) is 5.16. The largest absolute Gasteiger partial charge is 0.508 e. The fourth-order valence-electron chi connectivity index (χ4n) is 3.61. The number of rotatable bonds is 8. The molecule has 2 aromatic rings. The van der Waals surface area contributed by atoms with E-state index in [4.69, 9.17) is 11.2 Å². The molecule has 0 fully saturated rings. The van der Waals surface area contributed by atoms with E-state index in [2.05, 4.69) is 16.7 Å². The first-order chi connectivity index (χ1) is 16.8. The summed E-state index contributed by atoms with van der Waals surface area (Å²) in [6, 6.07) is 13.3. The van der Waals surface area contributed by atoms with E-state index in [-0.39, 0.29) is 18.2 Å². The number of nitrogens with one attached hydrogen (secondary N) is 2. The molecule has 0 aromatic heterocycles. The Morgan fingerprint density at radius 2 is 1.67 bits per heavy atom. The molecule has 0 saturated carbocycles. The second kappa shape index (κ2) is 12.1. The molecule has 3 amide bonds. The number of carbonyl (C=O) groups is 3. The second-order valence-corrected chi connectivity index (χ2v) is 9.83. The highest BCUT2D eigenvalue weighted by molar-refractivity contribution is 5.93. The zero-order valence-corrected chi connectivity index (χ0v) is 21.7. The molecule has 192 valence electrons. The highest BCUT2D eigenvalue weighted by atomic mass is 16.6. The number of aromatic hydroxyl groups is 1. The average molecular weight is 494 g/mol. The van der Waals surface area contributed by atoms with Crippen molar-refractivity contribution in [2.75, 3.05) is 0 Å². The van der Waals surface area contributed by atoms with Crippen molar-refractivity contribution in [3.63, 3.8) is 0 Å². The number of hydrogen-bond acceptors (Lipinski definition) is 5. The van der Waals surface area contributed by atoms with Crippen molar-refractivity contribution in [2.45, 2.75) is 71.7 Å². The molecule has 2 atom stereocenters. The molecule has 3 N–H and O–H groups in total. The Labute approximate surface area is 213 Å². The van der Waals surface area contributed by atoms with Gasteiger partial charge < -0.3 is 20.5 Å². The fraction of sp³-hybridized carbons (Fsp3) is 0.393. The van der Waals surface area contributed by atoms with Gasteiger partial charge in [0.1, 0.15) is 23.4 Å². The summed E-state index contributed by atoms with van der Waals surface area (Å²) in [4.78, 5) is 40.8. The van der Waals surface area contributed by atoms with Gasteiger partial charge in [-0.3, -0.25) is 14.5 Å². The van der Waals surface area contributed by atoms with E-state index >= 15 is 0 Å². The highest BCUT2D eigenvalue weighted by Crippen LogP contribution is 2.26. The van der Waals surface area contributed by atoms with Gasteiger partial charge in [0.15, 0.2) is 0 Å². The first-order valence-corrected chi connectivity index (χ1v) is 11.7. The van der Waals surface area contributed by atoms with Crippen LogP contribution in [0.5, 0.6) is 5.75 Å². The number of benzene rings is 2. The van der Waals surface area contributed by atoms with E-state index < -0.39 is 35.6 Å². The van der Waals surface area contributed by atoms with E-state index in [0.717, 1.165) is 10.5 Å². The van der Waals surface area contributed by atoms with Gasteiger partial charge in [0.05, 0.1) is 0 Å². The van der Waals surface area contributed by atoms with Gasteiger partial charge in [-0.1, -0.05) is 42.8 Å². The maximum absolute atomic E-state index is 13.8. The van der Waals surface area contributed by atoms with Crippen LogP contribution < -0.4 is 10.6 Å². The van der Waals surface area contributed by atoms with Crippen LogP contribution in [0, 0.1) is 19.4 Å². The Kier molecular flexibility index (Phi) is 9.51. The number of ether oxygens (including phenoxy) is 1. The number of alkyl carbamates (subject to hydrolysis) is 1. The van der Waals surface area contributed by atoms with E-state index in [0.29, 0.717) is 11.1 Å². The molecule has 0 aliphatic rings. The smallest absolute Gasteiger partial charge is 0.408 e. The maximum atomic E-state index is 13.8. The van der Waals surface area contributed by atoms with E-state index in [1.165, 1.54) is 12.1 Å². The predicted octanol–water partition coefficient (Wildman–Crippen LogP) is 3.82. The van der Waals surface area contributed by atoms with Crippen LogP contribution in [0.25, 0.3) is 0 Å². The second-order valence-electron chi connectivity index (χ2n) is 9.83. The van der Waals surface area contributed by atoms with Gasteiger partial charge in [-0.05, 0) is 70.4 Å². The Hall–Kier alpha value is -3.99. The number of amides is 3. The average Bonchev–Trinajstić information content (AvgIpc) is 2.77. The minimum atomic E-state index is -1.14. The monoisotopic (exact) mass is 493 g/mol. The van der Waals surface area contributed by atoms with Crippen molar-refractivity contribution >= 4 is 17.9 Å². The van der Waals surface area contributed by atoms with Gasteiger partial charge in [0.25, 0.3) is 5.91 Å². The molecule has 8 nitrogen and oxygen atoms in total. The molecule has 0 spiro atoms. The molecule has 2 aromatic carbocycles. The Morgan fingerprint density at radius 3 is 2.19 bits per heavy atom. The molecule has 2 unspecified atom stereocenters. The molecule has 8 heteroatoms. The summed E-state index contributed by atoms with van der Waals surface area (Å²) >= 11 is 0. The van der Waals surface area contributed by atoms with Crippen molar-refractivity contribution in [3.05, 3.63) is 65.2 Å². The molecular formula is C28H35N3O5. The molecular weight excluding hydrogens is 458 g/mol. The van der Waals surface area contributed by atoms with E-state index in [1.54, 1.807) is 45.0 Å². The standard InChI is InChI=1S/C28H35N3O5/c1-8-31(24(25(33)29-18(2)3)22-12-10-9-11-19(22)4)26(34)23(30-27(35)36-28(5,6)7)17-20-13-15-21(32)16-14-20/h1,9-16,18,23-24,32H,17H2,2-7H3,(H,29,33)(H,30,35). The van der Waals surface area contributed by atoms with Crippen LogP contribution in [-0.2, 0) is 20.7 Å². The minimum Gasteiger partial charge on any atom is -0.508 e. The lowest BCUT2D eigenvalue weighted by molar-refractivity contribution is -0.138. The predicted molar refractivity (Wildman–Crippen MR) is 138 cm³/mol. The van der Waals surface area contributed by atoms with Crippen LogP contribution in [0.3, 0.4) is 0 Å². The topological polar surface area (TPSA) is 108 Å². The van der Waals surface area contributed by atoms with Crippen LogP contribution in [0.2, 0.25) is 0 Å². The van der Waals surface area contributed by atoms with Crippen LogP contribution >= 0.6 is 0 Å². The lowest BCUT2D eigenvalue weighted by atomic mass is 9.97. The van der Waals surface area contributed by atoms with E-state index in [1.807, 2.05) is 32.9 Å². The Balaban J connectivity index is 2.50. The van der Waals surface area contributed by atoms with Crippen molar-refractivity contribution in [1.29, 1.82) is 0 Å². The molecule has 0 aliphatic heterocycles. The molecule has 36 heavy (non-hydrogen) atoms. The number of carbonyl (C=O) groups excluding carboxylic acids is 3. The van der Waals surface area contributed by atoms with Gasteiger partial charge in [-0.2, -0.15) is 0 Å². The molecule has 0 saturated heterocycles. The van der Waals surface area contributed by atoms with Crippen molar-refractivity contribution in [1.82, 2.24) is 15.5 Å². The lowest BCUT2D eigenvalue weighted by Gasteiger charge is -2.31. The Bertz CT molecular complexity index is 1110. The number of phenolic OH excluding ortho intramolecular Hbond substituents is 1. The summed E-state index contributed by atoms with van der Waals surface area (Å²) in [5.74, 6) is -1.02. The van der Waals surface area contributed by atoms with Gasteiger partial charge in [-0.15, -0.1) is 0 Å². The van der Waals surface area contributed by atoms with Gasteiger partial charge in [0, 0.05) is 18.5 Å². The normalized spacial score (nSPS) is 12.7. The summed E-state index contributed by atoms with van der Waals surface area (Å²) in [7, 11) is 0. The van der Waals surface area contributed by atoms with Crippen molar-refractivity contribution in [2.24, 2.45) is 0 Å².